The van der Waals surface area contributed by atoms with Gasteiger partial charge in [0.1, 0.15) is 12.4 Å². The molecule has 0 saturated carbocycles. The van der Waals surface area contributed by atoms with Gasteiger partial charge in [-0.2, -0.15) is 0 Å². The molecule has 0 radical (unpaired) electrons. The third-order valence-corrected chi connectivity index (χ3v) is 4.99. The van der Waals surface area contributed by atoms with Crippen molar-refractivity contribution in [1.29, 1.82) is 0 Å². The topological polar surface area (TPSA) is 21.3 Å². The summed E-state index contributed by atoms with van der Waals surface area (Å²) < 4.78 is 7.03. The molecular weight excluding hydrogens is 433 g/mol. The van der Waals surface area contributed by atoms with Crippen molar-refractivity contribution in [3.05, 3.63) is 97.9 Å². The van der Waals surface area contributed by atoms with Gasteiger partial charge in [-0.25, -0.2) is 0 Å². The first-order chi connectivity index (χ1) is 12.6. The highest BCUT2D eigenvalue weighted by atomic mass is 79.9. The summed E-state index contributed by atoms with van der Waals surface area (Å²) >= 11 is 15.7. The lowest BCUT2D eigenvalue weighted by Gasteiger charge is -2.14. The van der Waals surface area contributed by atoms with Crippen LogP contribution < -0.4 is 10.1 Å². The Morgan fingerprint density at radius 3 is 2.42 bits per heavy atom. The van der Waals surface area contributed by atoms with Crippen LogP contribution in [-0.2, 0) is 19.7 Å². The van der Waals surface area contributed by atoms with Crippen LogP contribution in [-0.4, -0.2) is 0 Å². The second kappa shape index (κ2) is 9.43. The maximum atomic E-state index is 6.23. The van der Waals surface area contributed by atoms with E-state index in [1.165, 1.54) is 5.56 Å². The number of rotatable bonds is 7. The monoisotopic (exact) mass is 449 g/mol. The second-order valence-electron chi connectivity index (χ2n) is 5.87. The lowest BCUT2D eigenvalue weighted by molar-refractivity contribution is 0.302. The van der Waals surface area contributed by atoms with Gasteiger partial charge >= 0.3 is 0 Å². The van der Waals surface area contributed by atoms with Crippen LogP contribution >= 0.6 is 39.1 Å². The molecular formula is C21H18BrCl2NO. The number of halogens is 3. The minimum absolute atomic E-state index is 0.392. The van der Waals surface area contributed by atoms with Crippen LogP contribution in [0.5, 0.6) is 5.75 Å². The number of nitrogens with one attached hydrogen (secondary N) is 1. The van der Waals surface area contributed by atoms with Crippen LogP contribution in [0.15, 0.2) is 71.2 Å². The van der Waals surface area contributed by atoms with Crippen LogP contribution in [0.2, 0.25) is 10.0 Å². The summed E-state index contributed by atoms with van der Waals surface area (Å²) in [6, 6.07) is 21.7. The van der Waals surface area contributed by atoms with Crippen LogP contribution in [0, 0.1) is 0 Å². The summed E-state index contributed by atoms with van der Waals surface area (Å²) in [4.78, 5) is 0. The summed E-state index contributed by atoms with van der Waals surface area (Å²) in [7, 11) is 0. The fourth-order valence-electron chi connectivity index (χ4n) is 2.56. The average molecular weight is 451 g/mol. The van der Waals surface area contributed by atoms with Gasteiger partial charge in [-0.3, -0.25) is 0 Å². The molecule has 0 unspecified atom stereocenters. The van der Waals surface area contributed by atoms with Crippen molar-refractivity contribution in [2.24, 2.45) is 0 Å². The van der Waals surface area contributed by atoms with Crippen molar-refractivity contribution in [1.82, 2.24) is 5.32 Å². The van der Waals surface area contributed by atoms with Gasteiger partial charge in [-0.05, 0) is 35.9 Å². The molecule has 3 aromatic carbocycles. The maximum absolute atomic E-state index is 6.23. The Hall–Kier alpha value is -1.52. The molecule has 0 aliphatic carbocycles. The Balaban J connectivity index is 1.65. The van der Waals surface area contributed by atoms with Gasteiger partial charge in [-0.15, -0.1) is 0 Å². The Morgan fingerprint density at radius 2 is 1.65 bits per heavy atom. The third-order valence-electron chi connectivity index (χ3n) is 3.91. The zero-order valence-electron chi connectivity index (χ0n) is 14.0. The number of benzene rings is 3. The molecule has 1 N–H and O–H groups in total. The summed E-state index contributed by atoms with van der Waals surface area (Å²) in [5.74, 6) is 0.833. The number of hydrogen-bond acceptors (Lipinski definition) is 2. The van der Waals surface area contributed by atoms with E-state index in [1.54, 1.807) is 6.07 Å². The van der Waals surface area contributed by atoms with E-state index in [1.807, 2.05) is 42.5 Å². The van der Waals surface area contributed by atoms with Crippen LogP contribution in [0.25, 0.3) is 0 Å². The van der Waals surface area contributed by atoms with E-state index in [-0.39, 0.29) is 0 Å². The van der Waals surface area contributed by atoms with Crippen molar-refractivity contribution in [3.8, 4) is 5.75 Å². The predicted octanol–water partition coefficient (Wildman–Crippen LogP) is 6.62. The molecule has 0 heterocycles. The summed E-state index contributed by atoms with van der Waals surface area (Å²) in [6.45, 7) is 1.90. The molecule has 0 amide bonds. The lowest BCUT2D eigenvalue weighted by Crippen LogP contribution is -2.13. The molecule has 0 saturated heterocycles. The molecule has 2 nitrogen and oxygen atoms in total. The van der Waals surface area contributed by atoms with E-state index in [4.69, 9.17) is 27.9 Å². The third kappa shape index (κ3) is 5.49. The second-order valence-corrected chi connectivity index (χ2v) is 7.62. The van der Waals surface area contributed by atoms with Crippen LogP contribution in [0.3, 0.4) is 0 Å². The first-order valence-corrected chi connectivity index (χ1v) is 9.76. The van der Waals surface area contributed by atoms with Crippen LogP contribution in [0.1, 0.15) is 16.7 Å². The molecule has 0 aliphatic heterocycles. The number of ether oxygens (including phenoxy) is 1. The van der Waals surface area contributed by atoms with Gasteiger partial charge < -0.3 is 10.1 Å². The average Bonchev–Trinajstić information content (AvgIpc) is 2.63. The smallest absolute Gasteiger partial charge is 0.124 e. The predicted molar refractivity (Wildman–Crippen MR) is 112 cm³/mol. The Morgan fingerprint density at radius 1 is 0.846 bits per heavy atom. The van der Waals surface area contributed by atoms with Crippen molar-refractivity contribution < 1.29 is 4.74 Å². The van der Waals surface area contributed by atoms with Gasteiger partial charge in [0.15, 0.2) is 0 Å². The van der Waals surface area contributed by atoms with E-state index >= 15 is 0 Å². The number of hydrogen-bond donors (Lipinski definition) is 1. The van der Waals surface area contributed by atoms with Crippen molar-refractivity contribution in [2.75, 3.05) is 0 Å². The van der Waals surface area contributed by atoms with Gasteiger partial charge in [0, 0.05) is 38.7 Å². The lowest BCUT2D eigenvalue weighted by atomic mass is 10.2. The summed E-state index contributed by atoms with van der Waals surface area (Å²) in [6.07, 6.45) is 0. The Kier molecular flexibility index (Phi) is 6.98. The zero-order valence-corrected chi connectivity index (χ0v) is 17.1. The Bertz CT molecular complexity index is 871. The maximum Gasteiger partial charge on any atom is 0.124 e. The minimum Gasteiger partial charge on any atom is -0.489 e. The highest BCUT2D eigenvalue weighted by molar-refractivity contribution is 9.10. The van der Waals surface area contributed by atoms with E-state index in [2.05, 4.69) is 39.4 Å². The van der Waals surface area contributed by atoms with Gasteiger partial charge in [-0.1, -0.05) is 75.5 Å². The largest absolute Gasteiger partial charge is 0.489 e. The standard InChI is InChI=1S/C21H18BrCl2NO/c22-18-7-9-21(26-14-16-6-8-19(23)11-20(16)24)17(10-18)13-25-12-15-4-2-1-3-5-15/h1-11,25H,12-14H2. The van der Waals surface area contributed by atoms with Crippen molar-refractivity contribution in [3.63, 3.8) is 0 Å². The molecule has 0 atom stereocenters. The molecule has 3 rings (SSSR count). The Labute approximate surface area is 172 Å². The summed E-state index contributed by atoms with van der Waals surface area (Å²) in [5, 5.41) is 4.69. The molecule has 0 aliphatic rings. The van der Waals surface area contributed by atoms with E-state index in [0.717, 1.165) is 27.9 Å². The van der Waals surface area contributed by atoms with Crippen LogP contribution in [0.4, 0.5) is 0 Å². The fourth-order valence-corrected chi connectivity index (χ4v) is 3.43. The van der Waals surface area contributed by atoms with Gasteiger partial charge in [0.2, 0.25) is 0 Å². The SMILES string of the molecule is Clc1ccc(COc2ccc(Br)cc2CNCc2ccccc2)c(Cl)c1. The highest BCUT2D eigenvalue weighted by Crippen LogP contribution is 2.26. The van der Waals surface area contributed by atoms with Crippen molar-refractivity contribution in [2.45, 2.75) is 19.7 Å². The minimum atomic E-state index is 0.392. The van der Waals surface area contributed by atoms with Gasteiger partial charge in [0.05, 0.1) is 0 Å². The quantitative estimate of drug-likeness (QED) is 0.436. The van der Waals surface area contributed by atoms with E-state index < -0.39 is 0 Å². The van der Waals surface area contributed by atoms with E-state index in [9.17, 15) is 0 Å². The zero-order chi connectivity index (χ0) is 18.4. The highest BCUT2D eigenvalue weighted by Gasteiger charge is 2.07. The molecule has 0 fully saturated rings. The molecule has 5 heteroatoms. The first-order valence-electron chi connectivity index (χ1n) is 8.21. The molecule has 0 spiro atoms. The van der Waals surface area contributed by atoms with Crippen molar-refractivity contribution >= 4 is 39.1 Å². The van der Waals surface area contributed by atoms with E-state index in [0.29, 0.717) is 23.2 Å². The first kappa shape index (κ1) is 19.2. The molecule has 0 aromatic heterocycles. The normalized spacial score (nSPS) is 10.7. The molecule has 0 bridgehead atoms. The molecule has 134 valence electrons. The molecule has 3 aromatic rings. The summed E-state index contributed by atoms with van der Waals surface area (Å²) in [5.41, 5.74) is 3.24. The van der Waals surface area contributed by atoms with Gasteiger partial charge in [0.25, 0.3) is 0 Å². The fraction of sp³-hybridized carbons (Fsp3) is 0.143. The molecule has 26 heavy (non-hydrogen) atoms.